The molecule has 130 valence electrons. The van der Waals surface area contributed by atoms with E-state index in [4.69, 9.17) is 10.5 Å². The monoisotopic (exact) mass is 359 g/mol. The lowest BCUT2D eigenvalue weighted by atomic mass is 10.1. The molecule has 0 aliphatic carbocycles. The van der Waals surface area contributed by atoms with Gasteiger partial charge in [-0.05, 0) is 48.5 Å². The third kappa shape index (κ3) is 2.59. The smallest absolute Gasteiger partial charge is 0.0992 e. The quantitative estimate of drug-likeness (QED) is 0.458. The maximum atomic E-state index is 9.05. The van der Waals surface area contributed by atoms with Crippen LogP contribution in [0.2, 0.25) is 0 Å². The summed E-state index contributed by atoms with van der Waals surface area (Å²) < 4.78 is 0. The number of nitriles is 2. The van der Waals surface area contributed by atoms with Crippen LogP contribution in [0.15, 0.2) is 66.9 Å². The molecule has 28 heavy (non-hydrogen) atoms. The fraction of sp³-hybridized carbons (Fsp3) is 0. The number of hydrogen-bond acceptors (Lipinski definition) is 3. The van der Waals surface area contributed by atoms with Gasteiger partial charge in [-0.15, -0.1) is 0 Å². The molecule has 0 saturated heterocycles. The Morgan fingerprint density at radius 1 is 0.679 bits per heavy atom. The van der Waals surface area contributed by atoms with Gasteiger partial charge in [0.25, 0.3) is 0 Å². The van der Waals surface area contributed by atoms with Gasteiger partial charge >= 0.3 is 0 Å². The maximum Gasteiger partial charge on any atom is 0.0992 e. The minimum atomic E-state index is 0.627. The first-order chi connectivity index (χ1) is 13.7. The molecule has 2 aromatic carbocycles. The highest BCUT2D eigenvalue weighted by Crippen LogP contribution is 2.27. The second-order valence-electron chi connectivity index (χ2n) is 6.63. The van der Waals surface area contributed by atoms with Crippen LogP contribution in [0, 0.1) is 22.7 Å². The number of fused-ring (bicyclic) bond motifs is 2. The van der Waals surface area contributed by atoms with Gasteiger partial charge in [-0.25, -0.2) is 0 Å². The fourth-order valence-corrected chi connectivity index (χ4v) is 3.40. The zero-order valence-electron chi connectivity index (χ0n) is 14.7. The molecular weight excluding hydrogens is 346 g/mol. The van der Waals surface area contributed by atoms with Crippen molar-refractivity contribution in [3.63, 3.8) is 0 Å². The van der Waals surface area contributed by atoms with Crippen molar-refractivity contribution < 1.29 is 0 Å². The summed E-state index contributed by atoms with van der Waals surface area (Å²) in [6, 6.07) is 23.6. The number of benzene rings is 2. The van der Waals surface area contributed by atoms with Crippen LogP contribution in [0.5, 0.6) is 0 Å². The summed E-state index contributed by atoms with van der Waals surface area (Å²) in [6.45, 7) is 0. The summed E-state index contributed by atoms with van der Waals surface area (Å²) in [5, 5.41) is 20.2. The molecule has 5 aromatic rings. The van der Waals surface area contributed by atoms with Crippen LogP contribution in [0.25, 0.3) is 44.5 Å². The Morgan fingerprint density at radius 3 is 1.86 bits per heavy atom. The van der Waals surface area contributed by atoms with E-state index in [9.17, 15) is 0 Å². The molecule has 5 rings (SSSR count). The van der Waals surface area contributed by atoms with E-state index in [0.717, 1.165) is 44.5 Å². The number of H-pyrrole nitrogens is 2. The first-order valence-corrected chi connectivity index (χ1v) is 8.76. The molecule has 0 aliphatic heterocycles. The summed E-state index contributed by atoms with van der Waals surface area (Å²) in [5.74, 6) is 0. The highest BCUT2D eigenvalue weighted by atomic mass is 14.8. The molecular formula is C23H13N5. The Bertz CT molecular complexity index is 1310. The van der Waals surface area contributed by atoms with Crippen molar-refractivity contribution in [2.75, 3.05) is 0 Å². The zero-order chi connectivity index (χ0) is 19.1. The van der Waals surface area contributed by atoms with Gasteiger partial charge in [0.2, 0.25) is 0 Å². The molecule has 0 amide bonds. The van der Waals surface area contributed by atoms with Crippen LogP contribution in [0.3, 0.4) is 0 Å². The largest absolute Gasteiger partial charge is 0.354 e. The van der Waals surface area contributed by atoms with Gasteiger partial charge in [-0.3, -0.25) is 4.98 Å². The number of rotatable bonds is 2. The summed E-state index contributed by atoms with van der Waals surface area (Å²) >= 11 is 0. The molecule has 0 saturated carbocycles. The van der Waals surface area contributed by atoms with Gasteiger partial charge < -0.3 is 9.97 Å². The average Bonchev–Trinajstić information content (AvgIpc) is 3.36. The molecule has 3 heterocycles. The molecule has 0 aliphatic rings. The number of nitrogens with zero attached hydrogens (tertiary/aromatic N) is 3. The summed E-state index contributed by atoms with van der Waals surface area (Å²) in [7, 11) is 0. The van der Waals surface area contributed by atoms with E-state index >= 15 is 0 Å². The summed E-state index contributed by atoms with van der Waals surface area (Å²) in [4.78, 5) is 11.3. The summed E-state index contributed by atoms with van der Waals surface area (Å²) in [5.41, 5.74) is 6.79. The SMILES string of the molecule is N#Cc1ccc2cc(-c3ccc(-c4cc5ccc(C#N)cc5[nH]4)nc3)[nH]c2c1. The van der Waals surface area contributed by atoms with E-state index < -0.39 is 0 Å². The molecule has 0 atom stereocenters. The van der Waals surface area contributed by atoms with E-state index in [-0.39, 0.29) is 0 Å². The lowest BCUT2D eigenvalue weighted by molar-refractivity contribution is 1.28. The molecule has 0 fully saturated rings. The number of aromatic amines is 2. The molecule has 3 aromatic heterocycles. The maximum absolute atomic E-state index is 9.05. The molecule has 0 bridgehead atoms. The van der Waals surface area contributed by atoms with Crippen molar-refractivity contribution in [1.82, 2.24) is 15.0 Å². The lowest BCUT2D eigenvalue weighted by Crippen LogP contribution is -1.85. The highest BCUT2D eigenvalue weighted by Gasteiger charge is 2.08. The summed E-state index contributed by atoms with van der Waals surface area (Å²) in [6.07, 6.45) is 1.83. The third-order valence-electron chi connectivity index (χ3n) is 4.85. The van der Waals surface area contributed by atoms with E-state index in [1.807, 2.05) is 60.8 Å². The molecule has 0 radical (unpaired) electrons. The third-order valence-corrected chi connectivity index (χ3v) is 4.85. The lowest BCUT2D eigenvalue weighted by Gasteiger charge is -2.00. The van der Waals surface area contributed by atoms with Crippen LogP contribution in [0.1, 0.15) is 11.1 Å². The van der Waals surface area contributed by atoms with Gasteiger partial charge in [-0.1, -0.05) is 12.1 Å². The molecule has 0 spiro atoms. The van der Waals surface area contributed by atoms with Crippen LogP contribution in [-0.2, 0) is 0 Å². The Hall–Kier alpha value is -4.35. The van der Waals surface area contributed by atoms with Crippen molar-refractivity contribution in [1.29, 1.82) is 10.5 Å². The van der Waals surface area contributed by atoms with Crippen molar-refractivity contribution in [3.05, 3.63) is 78.0 Å². The van der Waals surface area contributed by atoms with Crippen LogP contribution < -0.4 is 0 Å². The van der Waals surface area contributed by atoms with E-state index in [2.05, 4.69) is 33.2 Å². The standard InChI is InChI=1S/C23H13N5/c24-11-14-1-3-16-9-22(27-20(16)7-14)18-5-6-19(26-13-18)23-10-17-4-2-15(12-25)8-21(17)28-23/h1-10,13,27-28H. The van der Waals surface area contributed by atoms with Gasteiger partial charge in [-0.2, -0.15) is 10.5 Å². The van der Waals surface area contributed by atoms with Gasteiger partial charge in [0.1, 0.15) is 0 Å². The van der Waals surface area contributed by atoms with Crippen molar-refractivity contribution in [2.24, 2.45) is 0 Å². The Balaban J connectivity index is 1.50. The number of pyridine rings is 1. The van der Waals surface area contributed by atoms with Gasteiger partial charge in [0.05, 0.1) is 34.7 Å². The highest BCUT2D eigenvalue weighted by molar-refractivity contribution is 5.88. The number of hydrogen-bond donors (Lipinski definition) is 2. The van der Waals surface area contributed by atoms with Gasteiger partial charge in [0.15, 0.2) is 0 Å². The molecule has 2 N–H and O–H groups in total. The molecule has 0 unspecified atom stereocenters. The molecule has 5 heteroatoms. The second-order valence-corrected chi connectivity index (χ2v) is 6.63. The first-order valence-electron chi connectivity index (χ1n) is 8.76. The number of aromatic nitrogens is 3. The average molecular weight is 359 g/mol. The Morgan fingerprint density at radius 2 is 1.29 bits per heavy atom. The molecule has 5 nitrogen and oxygen atoms in total. The predicted molar refractivity (Wildman–Crippen MR) is 108 cm³/mol. The topological polar surface area (TPSA) is 92.0 Å². The minimum Gasteiger partial charge on any atom is -0.354 e. The predicted octanol–water partition coefficient (Wildman–Crippen LogP) is 5.12. The van der Waals surface area contributed by atoms with Crippen LogP contribution in [-0.4, -0.2) is 15.0 Å². The normalized spacial score (nSPS) is 10.8. The van der Waals surface area contributed by atoms with E-state index in [0.29, 0.717) is 11.1 Å². The number of nitrogens with one attached hydrogen (secondary N) is 2. The van der Waals surface area contributed by atoms with Crippen molar-refractivity contribution >= 4 is 21.8 Å². The van der Waals surface area contributed by atoms with E-state index in [1.165, 1.54) is 0 Å². The van der Waals surface area contributed by atoms with Crippen LogP contribution >= 0.6 is 0 Å². The van der Waals surface area contributed by atoms with Crippen LogP contribution in [0.4, 0.5) is 0 Å². The minimum absolute atomic E-state index is 0.627. The Labute approximate surface area is 160 Å². The first kappa shape index (κ1) is 15.9. The van der Waals surface area contributed by atoms with E-state index in [1.54, 1.807) is 0 Å². The zero-order valence-corrected chi connectivity index (χ0v) is 14.7. The van der Waals surface area contributed by atoms with Gasteiger partial charge in [0, 0.05) is 39.3 Å². The fourth-order valence-electron chi connectivity index (χ4n) is 3.40. The van der Waals surface area contributed by atoms with Crippen molar-refractivity contribution in [3.8, 4) is 34.8 Å². The second kappa shape index (κ2) is 6.12. The Kier molecular flexibility index (Phi) is 3.47. The van der Waals surface area contributed by atoms with Crippen molar-refractivity contribution in [2.45, 2.75) is 0 Å².